The van der Waals surface area contributed by atoms with Crippen molar-refractivity contribution in [2.45, 2.75) is 67.5 Å². The van der Waals surface area contributed by atoms with Gasteiger partial charge in [-0.3, -0.25) is 18.9 Å². The fourth-order valence-corrected chi connectivity index (χ4v) is 5.48. The molecule has 0 radical (unpaired) electrons. The van der Waals surface area contributed by atoms with Gasteiger partial charge in [-0.1, -0.05) is 0 Å². The average molecular weight is 528 g/mol. The molecule has 1 aromatic rings. The minimum Gasteiger partial charge on any atom is -0.393 e. The van der Waals surface area contributed by atoms with Crippen LogP contribution >= 0.6 is 7.60 Å². The number of H-pyrrole nitrogens is 1. The highest BCUT2D eigenvalue weighted by molar-refractivity contribution is 7.52. The van der Waals surface area contributed by atoms with E-state index in [1.165, 1.54) is 5.32 Å². The molecule has 17 heteroatoms. The van der Waals surface area contributed by atoms with Crippen molar-refractivity contribution in [3.05, 3.63) is 33.1 Å². The first-order chi connectivity index (χ1) is 16.3. The number of rotatable bonds is 10. The Labute approximate surface area is 197 Å². The van der Waals surface area contributed by atoms with E-state index in [9.17, 15) is 49.7 Å². The van der Waals surface area contributed by atoms with Crippen molar-refractivity contribution < 1.29 is 59.8 Å². The second-order valence-electron chi connectivity index (χ2n) is 8.73. The Morgan fingerprint density at radius 3 is 2.46 bits per heavy atom. The Hall–Kier alpha value is -1.53. The van der Waals surface area contributed by atoms with Gasteiger partial charge in [0.15, 0.2) is 6.23 Å². The molecule has 6 unspecified atom stereocenters. The zero-order chi connectivity index (χ0) is 26.1. The van der Waals surface area contributed by atoms with Gasteiger partial charge in [0.25, 0.3) is 5.56 Å². The molecule has 0 aromatic carbocycles. The van der Waals surface area contributed by atoms with Crippen molar-refractivity contribution in [1.29, 1.82) is 0 Å². The lowest BCUT2D eigenvalue weighted by atomic mass is 10.0. The number of nitrogens with zero attached hydrogens (tertiary/aromatic N) is 1. The molecule has 16 nitrogen and oxygen atoms in total. The first kappa shape index (κ1) is 28.0. The summed E-state index contributed by atoms with van der Waals surface area (Å²) in [5.41, 5.74) is -1.59. The van der Waals surface area contributed by atoms with Crippen molar-refractivity contribution in [2.24, 2.45) is 0 Å². The lowest BCUT2D eigenvalue weighted by Crippen LogP contribution is -2.95. The Bertz CT molecular complexity index is 1020. The van der Waals surface area contributed by atoms with Crippen molar-refractivity contribution in [3.63, 3.8) is 0 Å². The Morgan fingerprint density at radius 2 is 1.83 bits per heavy atom. The summed E-state index contributed by atoms with van der Waals surface area (Å²) in [5.74, 6) is 0. The lowest BCUT2D eigenvalue weighted by molar-refractivity contribution is -0.714. The van der Waals surface area contributed by atoms with Gasteiger partial charge in [-0.25, -0.2) is 4.79 Å². The molecular formula is C18H31N3O13P+. The number of aliphatic hydroxyl groups excluding tert-OH is 7. The van der Waals surface area contributed by atoms with Crippen molar-refractivity contribution in [3.8, 4) is 0 Å². The number of nitrogens with one attached hydrogen (secondary N) is 1. The Kier molecular flexibility index (Phi) is 9.01. The second kappa shape index (κ2) is 11.2. The molecule has 0 amide bonds. The number of hydrogen-bond donors (Lipinski definition) is 10. The molecule has 2 saturated heterocycles. The summed E-state index contributed by atoms with van der Waals surface area (Å²) in [4.78, 5) is 35.2. The summed E-state index contributed by atoms with van der Waals surface area (Å²) in [6.45, 7) is -1.34. The number of aromatic amines is 1. The Morgan fingerprint density at radius 1 is 1.14 bits per heavy atom. The molecule has 0 saturated carbocycles. The molecule has 3 heterocycles. The van der Waals surface area contributed by atoms with Gasteiger partial charge < -0.3 is 55.2 Å². The molecule has 11 N–H and O–H groups in total. The smallest absolute Gasteiger partial charge is 0.330 e. The fraction of sp³-hybridized carbons (Fsp3) is 0.778. The van der Waals surface area contributed by atoms with Crippen LogP contribution in [0.25, 0.3) is 0 Å². The van der Waals surface area contributed by atoms with Crippen LogP contribution in [0, 0.1) is 0 Å². The van der Waals surface area contributed by atoms with Gasteiger partial charge >= 0.3 is 13.3 Å². The van der Waals surface area contributed by atoms with Gasteiger partial charge in [0.1, 0.15) is 48.7 Å². The van der Waals surface area contributed by atoms with E-state index in [1.54, 1.807) is 0 Å². The van der Waals surface area contributed by atoms with Gasteiger partial charge in [0, 0.05) is 18.7 Å². The van der Waals surface area contributed by atoms with Gasteiger partial charge in [0.2, 0.25) is 0 Å². The SMILES string of the molecule is O=c1ccn([C@@H]2O[C@H](COP(=O)(O)C[C@@H](O)C[C@@H]3[NH2+][C@@H](C(O)CO)C(O)C3O)C(O)C2O)c(=O)[nH]1. The summed E-state index contributed by atoms with van der Waals surface area (Å²) in [7, 11) is -4.47. The van der Waals surface area contributed by atoms with Crippen LogP contribution in [0.3, 0.4) is 0 Å². The van der Waals surface area contributed by atoms with Crippen LogP contribution in [0.2, 0.25) is 0 Å². The van der Waals surface area contributed by atoms with Crippen LogP contribution in [0.1, 0.15) is 12.6 Å². The normalized spacial score (nSPS) is 36.7. The van der Waals surface area contributed by atoms with E-state index in [0.29, 0.717) is 0 Å². The minimum atomic E-state index is -4.47. The molecule has 1 aromatic heterocycles. The Balaban J connectivity index is 1.54. The van der Waals surface area contributed by atoms with E-state index in [0.717, 1.165) is 16.8 Å². The lowest BCUT2D eigenvalue weighted by Gasteiger charge is -2.21. The number of hydrogen-bond acceptors (Lipinski definition) is 12. The van der Waals surface area contributed by atoms with Gasteiger partial charge in [-0.15, -0.1) is 0 Å². The maximum absolute atomic E-state index is 12.4. The molecule has 2 fully saturated rings. The number of aliphatic hydroxyl groups is 7. The minimum absolute atomic E-state index is 0.251. The number of nitrogens with two attached hydrogens (primary N) is 1. The van der Waals surface area contributed by atoms with E-state index in [1.807, 2.05) is 4.98 Å². The van der Waals surface area contributed by atoms with Gasteiger partial charge in [0.05, 0.1) is 25.5 Å². The number of ether oxygens (including phenoxy) is 1. The molecule has 0 spiro atoms. The van der Waals surface area contributed by atoms with E-state index in [-0.39, 0.29) is 6.42 Å². The summed E-state index contributed by atoms with van der Waals surface area (Å²) in [6.07, 6.45) is -11.5. The molecule has 35 heavy (non-hydrogen) atoms. The molecule has 200 valence electrons. The predicted octanol–water partition coefficient (Wildman–Crippen LogP) is -6.50. The number of quaternary nitrogens is 1. The summed E-state index contributed by atoms with van der Waals surface area (Å²) < 4.78 is 23.6. The highest BCUT2D eigenvalue weighted by atomic mass is 31.2. The van der Waals surface area contributed by atoms with E-state index < -0.39 is 99.3 Å². The molecular weight excluding hydrogens is 497 g/mol. The quantitative estimate of drug-likeness (QED) is 0.127. The van der Waals surface area contributed by atoms with Crippen molar-refractivity contribution in [2.75, 3.05) is 19.4 Å². The molecule has 2 aliphatic rings. The molecule has 0 bridgehead atoms. The summed E-state index contributed by atoms with van der Waals surface area (Å²) >= 11 is 0. The van der Waals surface area contributed by atoms with Crippen LogP contribution in [-0.4, -0.2) is 124 Å². The average Bonchev–Trinajstić information content (AvgIpc) is 3.22. The fourth-order valence-electron chi connectivity index (χ4n) is 4.31. The molecule has 11 atom stereocenters. The van der Waals surface area contributed by atoms with E-state index in [2.05, 4.69) is 0 Å². The summed E-state index contributed by atoms with van der Waals surface area (Å²) in [6, 6.07) is -0.779. The molecule has 3 rings (SSSR count). The number of aromatic nitrogens is 2. The summed E-state index contributed by atoms with van der Waals surface area (Å²) in [5, 5.41) is 70.9. The first-order valence-corrected chi connectivity index (χ1v) is 12.6. The molecule has 2 aliphatic heterocycles. The van der Waals surface area contributed by atoms with Crippen LogP contribution < -0.4 is 16.6 Å². The molecule has 0 aliphatic carbocycles. The zero-order valence-corrected chi connectivity index (χ0v) is 19.2. The third-order valence-corrected chi connectivity index (χ3v) is 7.61. The van der Waals surface area contributed by atoms with Crippen LogP contribution in [0.15, 0.2) is 21.9 Å². The van der Waals surface area contributed by atoms with Gasteiger partial charge in [-0.2, -0.15) is 0 Å². The monoisotopic (exact) mass is 528 g/mol. The highest BCUT2D eigenvalue weighted by Crippen LogP contribution is 2.44. The second-order valence-corrected chi connectivity index (χ2v) is 10.6. The third-order valence-electron chi connectivity index (χ3n) is 6.17. The largest absolute Gasteiger partial charge is 0.393 e. The standard InChI is InChI=1S/C18H30N3O13P/c22-4-9(24)12-15(28)13(26)8(19-12)3-7(23)6-35(31,32)33-5-10-14(27)16(29)17(34-10)21-2-1-11(25)20-18(21)30/h1-2,7-10,12-17,19,22-24,26-29H,3-6H2,(H,31,32)(H,20,25,30)/p+1/t7-,8-,9?,10+,12-,13?,14?,15?,16?,17+/m0/s1. The zero-order valence-electron chi connectivity index (χ0n) is 18.3. The third kappa shape index (κ3) is 6.43. The van der Waals surface area contributed by atoms with E-state index >= 15 is 0 Å². The van der Waals surface area contributed by atoms with E-state index in [4.69, 9.17) is 14.4 Å². The van der Waals surface area contributed by atoms with Crippen LogP contribution in [0.5, 0.6) is 0 Å². The topological polar surface area (TPSA) is 269 Å². The maximum Gasteiger partial charge on any atom is 0.330 e. The van der Waals surface area contributed by atoms with Crippen molar-refractivity contribution in [1.82, 2.24) is 9.55 Å². The van der Waals surface area contributed by atoms with Crippen LogP contribution in [0.4, 0.5) is 0 Å². The first-order valence-electron chi connectivity index (χ1n) is 10.8. The van der Waals surface area contributed by atoms with Crippen molar-refractivity contribution >= 4 is 7.60 Å². The maximum atomic E-state index is 12.4. The van der Waals surface area contributed by atoms with Gasteiger partial charge in [-0.05, 0) is 0 Å². The van der Waals surface area contributed by atoms with Crippen LogP contribution in [-0.2, 0) is 13.8 Å². The predicted molar refractivity (Wildman–Crippen MR) is 113 cm³/mol. The highest BCUT2D eigenvalue weighted by Gasteiger charge is 2.49.